The SMILES string of the molecule is CCO[P@](=S)(c1ccccc1)[C@@H](C)C#N. The quantitative estimate of drug-likeness (QED) is 0.757. The van der Waals surface area contributed by atoms with Gasteiger partial charge in [-0.05, 0) is 13.8 Å². The smallest absolute Gasteiger partial charge is 0.111 e. The lowest BCUT2D eigenvalue weighted by molar-refractivity contribution is 0.379. The molecule has 2 atom stereocenters. The lowest BCUT2D eigenvalue weighted by atomic mass is 10.4. The number of nitriles is 1. The van der Waals surface area contributed by atoms with Crippen LogP contribution in [-0.4, -0.2) is 12.3 Å². The van der Waals surface area contributed by atoms with Crippen molar-refractivity contribution >= 4 is 23.4 Å². The van der Waals surface area contributed by atoms with E-state index in [1.165, 1.54) is 0 Å². The molecule has 0 saturated heterocycles. The summed E-state index contributed by atoms with van der Waals surface area (Å²) in [7, 11) is 0. The molecular formula is C11H14NOPS. The Morgan fingerprint density at radius 1 is 1.47 bits per heavy atom. The molecule has 1 aromatic carbocycles. The number of hydrogen-bond donors (Lipinski definition) is 0. The van der Waals surface area contributed by atoms with Gasteiger partial charge in [0.1, 0.15) is 6.26 Å². The molecule has 0 unspecified atom stereocenters. The highest BCUT2D eigenvalue weighted by Gasteiger charge is 2.27. The standard InChI is InChI=1S/C11H14NOPS/c1-3-13-14(15,10(2)9-12)11-7-5-4-6-8-11/h4-8,10H,3H2,1-2H3/t10-,14+/m0/s1. The summed E-state index contributed by atoms with van der Waals surface area (Å²) < 4.78 is 5.67. The summed E-state index contributed by atoms with van der Waals surface area (Å²) >= 11 is 5.56. The summed E-state index contributed by atoms with van der Waals surface area (Å²) in [6.45, 7) is 4.30. The van der Waals surface area contributed by atoms with E-state index in [4.69, 9.17) is 21.6 Å². The monoisotopic (exact) mass is 239 g/mol. The van der Waals surface area contributed by atoms with E-state index in [0.29, 0.717) is 6.61 Å². The molecule has 0 heterocycles. The average molecular weight is 239 g/mol. The fourth-order valence-corrected chi connectivity index (χ4v) is 4.08. The topological polar surface area (TPSA) is 33.0 Å². The minimum atomic E-state index is -2.19. The van der Waals surface area contributed by atoms with Crippen LogP contribution in [-0.2, 0) is 16.3 Å². The van der Waals surface area contributed by atoms with Crippen molar-refractivity contribution in [2.45, 2.75) is 19.5 Å². The summed E-state index contributed by atoms with van der Waals surface area (Å²) in [4.78, 5) is 0. The van der Waals surface area contributed by atoms with Crippen LogP contribution in [0.15, 0.2) is 30.3 Å². The molecule has 0 radical (unpaired) electrons. The van der Waals surface area contributed by atoms with Gasteiger partial charge < -0.3 is 4.52 Å². The summed E-state index contributed by atoms with van der Waals surface area (Å²) in [6, 6.07) is 11.9. The van der Waals surface area contributed by atoms with Gasteiger partial charge in [0.2, 0.25) is 0 Å². The van der Waals surface area contributed by atoms with E-state index >= 15 is 0 Å². The Hall–Kier alpha value is -0.680. The van der Waals surface area contributed by atoms with Gasteiger partial charge in [0.15, 0.2) is 0 Å². The van der Waals surface area contributed by atoms with Crippen molar-refractivity contribution in [2.75, 3.05) is 6.61 Å². The van der Waals surface area contributed by atoms with Crippen molar-refractivity contribution in [1.82, 2.24) is 0 Å². The van der Waals surface area contributed by atoms with Gasteiger partial charge in [-0.3, -0.25) is 0 Å². The van der Waals surface area contributed by atoms with E-state index in [0.717, 1.165) is 5.30 Å². The zero-order chi connectivity index (χ0) is 11.3. The van der Waals surface area contributed by atoms with Crippen LogP contribution in [0.25, 0.3) is 0 Å². The van der Waals surface area contributed by atoms with Crippen molar-refractivity contribution in [2.24, 2.45) is 0 Å². The van der Waals surface area contributed by atoms with Crippen LogP contribution in [0.1, 0.15) is 13.8 Å². The molecule has 0 N–H and O–H groups in total. The summed E-state index contributed by atoms with van der Waals surface area (Å²) in [5.41, 5.74) is -0.241. The van der Waals surface area contributed by atoms with Gasteiger partial charge in [-0.15, -0.1) is 0 Å². The Bertz CT molecular complexity index is 399. The van der Waals surface area contributed by atoms with E-state index < -0.39 is 6.26 Å². The zero-order valence-electron chi connectivity index (χ0n) is 8.88. The number of nitrogens with zero attached hydrogens (tertiary/aromatic N) is 1. The van der Waals surface area contributed by atoms with Crippen LogP contribution in [0.3, 0.4) is 0 Å². The maximum Gasteiger partial charge on any atom is 0.111 e. The highest BCUT2D eigenvalue weighted by Crippen LogP contribution is 2.50. The fraction of sp³-hybridized carbons (Fsp3) is 0.364. The van der Waals surface area contributed by atoms with Crippen molar-refractivity contribution in [3.8, 4) is 6.07 Å². The average Bonchev–Trinajstić information content (AvgIpc) is 2.29. The maximum absolute atomic E-state index is 8.99. The molecule has 0 aliphatic rings. The zero-order valence-corrected chi connectivity index (χ0v) is 10.6. The number of hydrogen-bond acceptors (Lipinski definition) is 3. The first-order valence-corrected chi connectivity index (χ1v) is 7.63. The first-order chi connectivity index (χ1) is 7.15. The third-order valence-electron chi connectivity index (χ3n) is 2.13. The van der Waals surface area contributed by atoms with Crippen LogP contribution in [0.2, 0.25) is 0 Å². The Balaban J connectivity index is 3.14. The number of rotatable bonds is 4. The van der Waals surface area contributed by atoms with Crippen LogP contribution in [0, 0.1) is 11.3 Å². The van der Waals surface area contributed by atoms with Crippen LogP contribution in [0.5, 0.6) is 0 Å². The third-order valence-corrected chi connectivity index (χ3v) is 6.83. The largest absolute Gasteiger partial charge is 0.345 e. The highest BCUT2D eigenvalue weighted by atomic mass is 32.4. The normalized spacial score (nSPS) is 16.3. The predicted molar refractivity (Wildman–Crippen MR) is 67.1 cm³/mol. The molecule has 2 nitrogen and oxygen atoms in total. The molecule has 0 saturated carbocycles. The number of benzene rings is 1. The Morgan fingerprint density at radius 3 is 2.53 bits per heavy atom. The summed E-state index contributed by atoms with van der Waals surface area (Å²) in [6.07, 6.45) is -2.19. The molecule has 0 aliphatic carbocycles. The highest BCUT2D eigenvalue weighted by molar-refractivity contribution is 8.16. The van der Waals surface area contributed by atoms with Crippen molar-refractivity contribution in [1.29, 1.82) is 5.26 Å². The minimum Gasteiger partial charge on any atom is -0.345 e. The van der Waals surface area contributed by atoms with E-state index in [1.54, 1.807) is 0 Å². The predicted octanol–water partition coefficient (Wildman–Crippen LogP) is 2.65. The molecule has 0 spiro atoms. The molecular weight excluding hydrogens is 225 g/mol. The molecule has 0 amide bonds. The molecule has 80 valence electrons. The maximum atomic E-state index is 8.99. The van der Waals surface area contributed by atoms with Crippen molar-refractivity contribution in [3.05, 3.63) is 30.3 Å². The van der Waals surface area contributed by atoms with Gasteiger partial charge in [0, 0.05) is 11.9 Å². The second-order valence-corrected chi connectivity index (χ2v) is 7.53. The second kappa shape index (κ2) is 5.42. The fourth-order valence-electron chi connectivity index (χ4n) is 1.31. The van der Waals surface area contributed by atoms with Gasteiger partial charge in [-0.25, -0.2) is 0 Å². The molecule has 1 rings (SSSR count). The summed E-state index contributed by atoms with van der Waals surface area (Å²) in [5, 5.41) is 9.97. The molecule has 15 heavy (non-hydrogen) atoms. The van der Waals surface area contributed by atoms with Gasteiger partial charge in [-0.2, -0.15) is 5.26 Å². The van der Waals surface area contributed by atoms with E-state index in [1.807, 2.05) is 44.2 Å². The lowest BCUT2D eigenvalue weighted by Crippen LogP contribution is -2.15. The Kier molecular flexibility index (Phi) is 4.47. The van der Waals surface area contributed by atoms with E-state index in [9.17, 15) is 0 Å². The molecule has 1 aromatic rings. The third kappa shape index (κ3) is 2.66. The van der Waals surface area contributed by atoms with Gasteiger partial charge in [-0.1, -0.05) is 42.1 Å². The van der Waals surface area contributed by atoms with E-state index in [-0.39, 0.29) is 5.66 Å². The summed E-state index contributed by atoms with van der Waals surface area (Å²) in [5.74, 6) is 0. The van der Waals surface area contributed by atoms with Crippen LogP contribution < -0.4 is 5.30 Å². The van der Waals surface area contributed by atoms with Gasteiger partial charge in [0.25, 0.3) is 0 Å². The first-order valence-electron chi connectivity index (χ1n) is 4.84. The van der Waals surface area contributed by atoms with Crippen LogP contribution in [0.4, 0.5) is 0 Å². The molecule has 0 fully saturated rings. The van der Waals surface area contributed by atoms with Crippen molar-refractivity contribution < 1.29 is 4.52 Å². The van der Waals surface area contributed by atoms with Gasteiger partial charge >= 0.3 is 0 Å². The molecule has 0 bridgehead atoms. The Labute approximate surface area is 96.0 Å². The van der Waals surface area contributed by atoms with Crippen LogP contribution >= 0.6 is 6.26 Å². The Morgan fingerprint density at radius 2 is 2.07 bits per heavy atom. The van der Waals surface area contributed by atoms with E-state index in [2.05, 4.69) is 6.07 Å². The molecule has 4 heteroatoms. The minimum absolute atomic E-state index is 0.241. The first kappa shape index (κ1) is 12.4. The second-order valence-electron chi connectivity index (χ2n) is 3.16. The molecule has 0 aliphatic heterocycles. The van der Waals surface area contributed by atoms with Gasteiger partial charge in [0.05, 0.1) is 11.7 Å². The molecule has 0 aromatic heterocycles. The lowest BCUT2D eigenvalue weighted by Gasteiger charge is -2.24. The van der Waals surface area contributed by atoms with Crippen molar-refractivity contribution in [3.63, 3.8) is 0 Å².